The highest BCUT2D eigenvalue weighted by molar-refractivity contribution is 5.55. The predicted molar refractivity (Wildman–Crippen MR) is 28.4 cm³/mol. The molecule has 0 aromatic heterocycles. The van der Waals surface area contributed by atoms with Crippen molar-refractivity contribution < 1.29 is 9.53 Å². The molecule has 0 bridgehead atoms. The Hall–Kier alpha value is -0.410. The number of rotatable bonds is 1. The normalized spacial score (nSPS) is 37.6. The molecule has 3 nitrogen and oxygen atoms in total. The van der Waals surface area contributed by atoms with Crippen LogP contribution in [0.25, 0.3) is 0 Å². The smallest absolute Gasteiger partial charge is 0.165 e. The Balaban J connectivity index is 2.32. The van der Waals surface area contributed by atoms with Gasteiger partial charge in [-0.1, -0.05) is 0 Å². The lowest BCUT2D eigenvalue weighted by Gasteiger charge is -1.99. The second-order valence-corrected chi connectivity index (χ2v) is 1.91. The summed E-state index contributed by atoms with van der Waals surface area (Å²) in [5.41, 5.74) is 0. The van der Waals surface area contributed by atoms with Crippen molar-refractivity contribution in [3.05, 3.63) is 0 Å². The minimum Gasteiger partial charge on any atom is -0.352 e. The van der Waals surface area contributed by atoms with Crippen molar-refractivity contribution in [2.24, 2.45) is 0 Å². The molecule has 1 aliphatic heterocycles. The molecule has 0 saturated carbocycles. The first-order valence-corrected chi connectivity index (χ1v) is 2.67. The number of hydrogen-bond acceptors (Lipinski definition) is 3. The van der Waals surface area contributed by atoms with E-state index in [2.05, 4.69) is 5.32 Å². The Bertz CT molecular complexity index is 94.4. The largest absolute Gasteiger partial charge is 0.352 e. The van der Waals surface area contributed by atoms with Gasteiger partial charge in [-0.15, -0.1) is 0 Å². The molecule has 46 valence electrons. The summed E-state index contributed by atoms with van der Waals surface area (Å²) >= 11 is 0. The van der Waals surface area contributed by atoms with Crippen LogP contribution in [0.2, 0.25) is 0 Å². The summed E-state index contributed by atoms with van der Waals surface area (Å²) in [5.74, 6) is 0. The van der Waals surface area contributed by atoms with Crippen LogP contribution in [0.5, 0.6) is 0 Å². The molecule has 1 aliphatic rings. The average Bonchev–Trinajstić information content (AvgIpc) is 2.14. The number of nitrogens with one attached hydrogen (secondary N) is 1. The van der Waals surface area contributed by atoms with Crippen molar-refractivity contribution in [1.82, 2.24) is 5.32 Å². The monoisotopic (exact) mass is 115 g/mol. The van der Waals surface area contributed by atoms with Crippen LogP contribution in [0.3, 0.4) is 0 Å². The van der Waals surface area contributed by atoms with Gasteiger partial charge in [0, 0.05) is 6.54 Å². The number of ether oxygens (including phenoxy) is 1. The fourth-order valence-electron chi connectivity index (χ4n) is 0.709. The molecule has 2 atom stereocenters. The number of carbonyl (C=O) groups is 1. The van der Waals surface area contributed by atoms with E-state index in [9.17, 15) is 4.79 Å². The van der Waals surface area contributed by atoms with E-state index in [0.717, 1.165) is 12.8 Å². The van der Waals surface area contributed by atoms with E-state index < -0.39 is 0 Å². The van der Waals surface area contributed by atoms with Gasteiger partial charge in [0.2, 0.25) is 0 Å². The third kappa shape index (κ3) is 1.05. The van der Waals surface area contributed by atoms with E-state index >= 15 is 0 Å². The lowest BCUT2D eigenvalue weighted by atomic mass is 10.4. The minimum absolute atomic E-state index is 0.185. The topological polar surface area (TPSA) is 38.3 Å². The van der Waals surface area contributed by atoms with E-state index in [1.807, 2.05) is 6.92 Å². The maximum atomic E-state index is 9.97. The van der Waals surface area contributed by atoms with Crippen molar-refractivity contribution in [3.63, 3.8) is 0 Å². The van der Waals surface area contributed by atoms with E-state index in [0.29, 0.717) is 0 Å². The van der Waals surface area contributed by atoms with Crippen molar-refractivity contribution in [3.8, 4) is 0 Å². The highest BCUT2D eigenvalue weighted by atomic mass is 16.5. The van der Waals surface area contributed by atoms with E-state index in [1.54, 1.807) is 0 Å². The van der Waals surface area contributed by atoms with Gasteiger partial charge in [0.05, 0.1) is 6.10 Å². The lowest BCUT2D eigenvalue weighted by Crippen LogP contribution is -2.23. The molecule has 3 heteroatoms. The Morgan fingerprint density at radius 3 is 2.88 bits per heavy atom. The molecule has 0 aromatic carbocycles. The standard InChI is InChI=1S/C5H9NO2/c1-4-2-6-5(3-7)8-4/h3-6H,2H2,1H3. The maximum Gasteiger partial charge on any atom is 0.165 e. The van der Waals surface area contributed by atoms with Crippen LogP contribution >= 0.6 is 0 Å². The van der Waals surface area contributed by atoms with Crippen LogP contribution < -0.4 is 5.32 Å². The molecule has 1 heterocycles. The molecule has 2 unspecified atom stereocenters. The molecule has 1 N–H and O–H groups in total. The van der Waals surface area contributed by atoms with Gasteiger partial charge in [-0.3, -0.25) is 10.1 Å². The summed E-state index contributed by atoms with van der Waals surface area (Å²) in [6.07, 6.45) is 0.596. The zero-order chi connectivity index (χ0) is 5.98. The van der Waals surface area contributed by atoms with Crippen molar-refractivity contribution in [2.45, 2.75) is 19.3 Å². The summed E-state index contributed by atoms with van der Waals surface area (Å²) in [5, 5.41) is 2.87. The number of carbonyl (C=O) groups excluding carboxylic acids is 1. The summed E-state index contributed by atoms with van der Waals surface area (Å²) in [6.45, 7) is 2.71. The molecule has 1 fully saturated rings. The molecule has 0 spiro atoms. The van der Waals surface area contributed by atoms with Crippen molar-refractivity contribution >= 4 is 6.29 Å². The van der Waals surface area contributed by atoms with Gasteiger partial charge in [0.15, 0.2) is 12.5 Å². The average molecular weight is 115 g/mol. The summed E-state index contributed by atoms with van der Waals surface area (Å²) in [6, 6.07) is 0. The van der Waals surface area contributed by atoms with Crippen molar-refractivity contribution in [2.75, 3.05) is 6.54 Å². The summed E-state index contributed by atoms with van der Waals surface area (Å²) in [7, 11) is 0. The van der Waals surface area contributed by atoms with Gasteiger partial charge in [-0.25, -0.2) is 0 Å². The fourth-order valence-corrected chi connectivity index (χ4v) is 0.709. The molecule has 0 aromatic rings. The van der Waals surface area contributed by atoms with Gasteiger partial charge in [0.25, 0.3) is 0 Å². The highest BCUT2D eigenvalue weighted by Gasteiger charge is 2.18. The van der Waals surface area contributed by atoms with Crippen LogP contribution in [0.4, 0.5) is 0 Å². The first-order chi connectivity index (χ1) is 3.83. The van der Waals surface area contributed by atoms with Gasteiger partial charge < -0.3 is 4.74 Å². The van der Waals surface area contributed by atoms with Crippen LogP contribution in [-0.4, -0.2) is 25.2 Å². The second-order valence-electron chi connectivity index (χ2n) is 1.91. The van der Waals surface area contributed by atoms with E-state index in [1.165, 1.54) is 0 Å². The molecule has 0 radical (unpaired) electrons. The molecular weight excluding hydrogens is 106 g/mol. The Kier molecular flexibility index (Phi) is 1.60. The maximum absolute atomic E-state index is 9.97. The molecule has 0 amide bonds. The Morgan fingerprint density at radius 1 is 1.88 bits per heavy atom. The zero-order valence-electron chi connectivity index (χ0n) is 4.76. The number of hydrogen-bond donors (Lipinski definition) is 1. The van der Waals surface area contributed by atoms with Crippen molar-refractivity contribution in [1.29, 1.82) is 0 Å². The van der Waals surface area contributed by atoms with E-state index in [-0.39, 0.29) is 12.3 Å². The third-order valence-corrected chi connectivity index (χ3v) is 1.11. The molecular formula is C5H9NO2. The summed E-state index contributed by atoms with van der Waals surface area (Å²) in [4.78, 5) is 9.97. The lowest BCUT2D eigenvalue weighted by molar-refractivity contribution is -0.117. The molecule has 1 saturated heterocycles. The van der Waals surface area contributed by atoms with Gasteiger partial charge in [0.1, 0.15) is 0 Å². The Morgan fingerprint density at radius 2 is 2.62 bits per heavy atom. The fraction of sp³-hybridized carbons (Fsp3) is 0.800. The highest BCUT2D eigenvalue weighted by Crippen LogP contribution is 1.99. The molecule has 8 heavy (non-hydrogen) atoms. The van der Waals surface area contributed by atoms with Crippen LogP contribution in [0, 0.1) is 0 Å². The first-order valence-electron chi connectivity index (χ1n) is 2.67. The second kappa shape index (κ2) is 2.24. The number of aldehydes is 1. The van der Waals surface area contributed by atoms with Crippen LogP contribution in [-0.2, 0) is 9.53 Å². The molecule has 1 rings (SSSR count). The van der Waals surface area contributed by atoms with Gasteiger partial charge in [-0.2, -0.15) is 0 Å². The van der Waals surface area contributed by atoms with Gasteiger partial charge in [-0.05, 0) is 6.92 Å². The van der Waals surface area contributed by atoms with Crippen LogP contribution in [0.1, 0.15) is 6.92 Å². The minimum atomic E-state index is -0.356. The summed E-state index contributed by atoms with van der Waals surface area (Å²) < 4.78 is 5.03. The third-order valence-electron chi connectivity index (χ3n) is 1.11. The molecule has 0 aliphatic carbocycles. The Labute approximate surface area is 48.0 Å². The van der Waals surface area contributed by atoms with Crippen LogP contribution in [0.15, 0.2) is 0 Å². The first kappa shape index (κ1) is 5.72. The zero-order valence-corrected chi connectivity index (χ0v) is 4.76. The predicted octanol–water partition coefficient (Wildman–Crippen LogP) is -0.480. The van der Waals surface area contributed by atoms with E-state index in [4.69, 9.17) is 4.74 Å². The van der Waals surface area contributed by atoms with Gasteiger partial charge >= 0.3 is 0 Å². The SMILES string of the molecule is CC1CNC(C=O)O1. The quantitative estimate of drug-likeness (QED) is 0.469.